The predicted molar refractivity (Wildman–Crippen MR) is 123 cm³/mol. The molecule has 172 valence electrons. The molecular formula is C24H24N2O6S. The van der Waals surface area contributed by atoms with Crippen LogP contribution >= 0.6 is 0 Å². The number of nitrogens with zero attached hydrogens (tertiary/aromatic N) is 1. The zero-order valence-corrected chi connectivity index (χ0v) is 18.9. The molecule has 1 fully saturated rings. The molecule has 3 aromatic rings. The van der Waals surface area contributed by atoms with Gasteiger partial charge in [-0.2, -0.15) is 4.31 Å². The van der Waals surface area contributed by atoms with Gasteiger partial charge in [0.05, 0.1) is 30.8 Å². The first-order valence-corrected chi connectivity index (χ1v) is 11.8. The minimum absolute atomic E-state index is 0.0296. The molecule has 4 rings (SSSR count). The lowest BCUT2D eigenvalue weighted by Crippen LogP contribution is -2.40. The molecule has 8 nitrogen and oxygen atoms in total. The lowest BCUT2D eigenvalue weighted by molar-refractivity contribution is 0.0730. The fraction of sp³-hybridized carbons (Fsp3) is 0.208. The third-order valence-corrected chi connectivity index (χ3v) is 7.01. The van der Waals surface area contributed by atoms with E-state index in [0.29, 0.717) is 30.4 Å². The molecule has 0 saturated carbocycles. The number of ether oxygens (including phenoxy) is 3. The average Bonchev–Trinajstić information content (AvgIpc) is 2.86. The van der Waals surface area contributed by atoms with Gasteiger partial charge < -0.3 is 19.5 Å². The van der Waals surface area contributed by atoms with Gasteiger partial charge in [-0.1, -0.05) is 18.2 Å². The van der Waals surface area contributed by atoms with E-state index in [1.54, 1.807) is 24.3 Å². The van der Waals surface area contributed by atoms with Gasteiger partial charge in [-0.25, -0.2) is 8.42 Å². The van der Waals surface area contributed by atoms with Gasteiger partial charge in [-0.3, -0.25) is 4.79 Å². The van der Waals surface area contributed by atoms with Crippen molar-refractivity contribution in [1.82, 2.24) is 4.31 Å². The smallest absolute Gasteiger partial charge is 0.259 e. The number of carbonyl (C=O) groups excluding carboxylic acids is 1. The van der Waals surface area contributed by atoms with Gasteiger partial charge in [-0.05, 0) is 54.6 Å². The first-order chi connectivity index (χ1) is 16.0. The van der Waals surface area contributed by atoms with Crippen LogP contribution in [0.3, 0.4) is 0 Å². The highest BCUT2D eigenvalue weighted by atomic mass is 32.2. The van der Waals surface area contributed by atoms with Gasteiger partial charge in [0.15, 0.2) is 0 Å². The molecule has 1 saturated heterocycles. The summed E-state index contributed by atoms with van der Waals surface area (Å²) in [6.45, 7) is 1.22. The van der Waals surface area contributed by atoms with Crippen LogP contribution in [0.4, 0.5) is 5.69 Å². The third kappa shape index (κ3) is 5.33. The number of anilines is 1. The largest absolute Gasteiger partial charge is 0.496 e. The highest BCUT2D eigenvalue weighted by Gasteiger charge is 2.28. The monoisotopic (exact) mass is 468 g/mol. The first-order valence-electron chi connectivity index (χ1n) is 10.4. The van der Waals surface area contributed by atoms with Crippen LogP contribution in [0.25, 0.3) is 0 Å². The summed E-state index contributed by atoms with van der Waals surface area (Å²) < 4.78 is 43.6. The maximum Gasteiger partial charge on any atom is 0.259 e. The summed E-state index contributed by atoms with van der Waals surface area (Å²) in [5, 5.41) is 2.78. The van der Waals surface area contributed by atoms with Gasteiger partial charge in [0.1, 0.15) is 17.2 Å². The molecule has 3 aromatic carbocycles. The molecule has 0 radical (unpaired) electrons. The lowest BCUT2D eigenvalue weighted by atomic mass is 10.2. The van der Waals surface area contributed by atoms with Gasteiger partial charge in [0.2, 0.25) is 10.0 Å². The summed E-state index contributed by atoms with van der Waals surface area (Å²) in [4.78, 5) is 13.0. The second-order valence-corrected chi connectivity index (χ2v) is 9.21. The van der Waals surface area contributed by atoms with Crippen LogP contribution in [0.5, 0.6) is 17.2 Å². The SMILES string of the molecule is COc1ccc(S(=O)(=O)N2CCOCC2)cc1C(=O)Nc1ccc(Oc2ccccc2)cc1. The van der Waals surface area contributed by atoms with E-state index in [1.807, 2.05) is 30.3 Å². The highest BCUT2D eigenvalue weighted by molar-refractivity contribution is 7.89. The van der Waals surface area contributed by atoms with E-state index < -0.39 is 15.9 Å². The number of benzene rings is 3. The van der Waals surface area contributed by atoms with E-state index in [9.17, 15) is 13.2 Å². The topological polar surface area (TPSA) is 94.2 Å². The van der Waals surface area contributed by atoms with Gasteiger partial charge in [0.25, 0.3) is 5.91 Å². The molecular weight excluding hydrogens is 444 g/mol. The summed E-state index contributed by atoms with van der Waals surface area (Å²) in [5.41, 5.74) is 0.653. The lowest BCUT2D eigenvalue weighted by Gasteiger charge is -2.26. The van der Waals surface area contributed by atoms with Crippen molar-refractivity contribution in [1.29, 1.82) is 0 Å². The Hall–Kier alpha value is -3.40. The number of methoxy groups -OCH3 is 1. The van der Waals surface area contributed by atoms with E-state index in [1.165, 1.54) is 29.6 Å². The number of carbonyl (C=O) groups is 1. The third-order valence-electron chi connectivity index (χ3n) is 5.11. The Morgan fingerprint density at radius 3 is 2.27 bits per heavy atom. The predicted octanol–water partition coefficient (Wildman–Crippen LogP) is 3.76. The molecule has 1 amide bonds. The summed E-state index contributed by atoms with van der Waals surface area (Å²) in [6, 6.07) is 20.5. The van der Waals surface area contributed by atoms with Gasteiger partial charge >= 0.3 is 0 Å². The number of sulfonamides is 1. The fourth-order valence-electron chi connectivity index (χ4n) is 3.39. The molecule has 33 heavy (non-hydrogen) atoms. The number of para-hydroxylation sites is 1. The molecule has 0 spiro atoms. The normalized spacial score (nSPS) is 14.5. The first kappa shape index (κ1) is 22.8. The maximum absolute atomic E-state index is 13.0. The molecule has 0 atom stereocenters. The quantitative estimate of drug-likeness (QED) is 0.568. The molecule has 1 aliphatic rings. The molecule has 1 N–H and O–H groups in total. The number of rotatable bonds is 7. The highest BCUT2D eigenvalue weighted by Crippen LogP contribution is 2.27. The standard InChI is InChI=1S/C24H24N2O6S/c1-30-23-12-11-21(33(28,29)26-13-15-31-16-14-26)17-22(23)24(27)25-18-7-9-20(10-8-18)32-19-5-3-2-4-6-19/h2-12,17H,13-16H2,1H3,(H,25,27). The van der Waals surface area contributed by atoms with E-state index in [4.69, 9.17) is 14.2 Å². The summed E-state index contributed by atoms with van der Waals surface area (Å²) >= 11 is 0. The number of morpholine rings is 1. The van der Waals surface area contributed by atoms with Crippen molar-refractivity contribution < 1.29 is 27.4 Å². The van der Waals surface area contributed by atoms with E-state index in [0.717, 1.165) is 0 Å². The van der Waals surface area contributed by atoms with Crippen molar-refractivity contribution in [3.05, 3.63) is 78.4 Å². The molecule has 1 aliphatic heterocycles. The molecule has 1 heterocycles. The Labute approximate surface area is 192 Å². The Morgan fingerprint density at radius 2 is 1.61 bits per heavy atom. The van der Waals surface area contributed by atoms with Crippen LogP contribution in [-0.2, 0) is 14.8 Å². The second-order valence-electron chi connectivity index (χ2n) is 7.27. The summed E-state index contributed by atoms with van der Waals surface area (Å²) in [7, 11) is -2.32. The van der Waals surface area contributed by atoms with Crippen LogP contribution < -0.4 is 14.8 Å². The number of amides is 1. The molecule has 0 bridgehead atoms. The molecule has 0 unspecified atom stereocenters. The van der Waals surface area contributed by atoms with E-state index >= 15 is 0 Å². The Bertz CT molecular complexity index is 1210. The minimum atomic E-state index is -3.75. The molecule has 0 aliphatic carbocycles. The Morgan fingerprint density at radius 1 is 0.939 bits per heavy atom. The van der Waals surface area contributed by atoms with Crippen LogP contribution in [0, 0.1) is 0 Å². The van der Waals surface area contributed by atoms with Gasteiger partial charge in [0, 0.05) is 18.8 Å². The molecule has 9 heteroatoms. The number of nitrogens with one attached hydrogen (secondary N) is 1. The van der Waals surface area contributed by atoms with Crippen molar-refractivity contribution in [3.8, 4) is 17.2 Å². The Kier molecular flexibility index (Phi) is 6.93. The van der Waals surface area contributed by atoms with Crippen LogP contribution in [-0.4, -0.2) is 52.0 Å². The molecule has 0 aromatic heterocycles. The van der Waals surface area contributed by atoms with E-state index in [2.05, 4.69) is 5.32 Å². The van der Waals surface area contributed by atoms with Crippen molar-refractivity contribution in [2.75, 3.05) is 38.7 Å². The number of hydrogen-bond donors (Lipinski definition) is 1. The Balaban J connectivity index is 1.52. The van der Waals surface area contributed by atoms with E-state index in [-0.39, 0.29) is 29.3 Å². The minimum Gasteiger partial charge on any atom is -0.496 e. The van der Waals surface area contributed by atoms with Crippen LogP contribution in [0.15, 0.2) is 77.7 Å². The summed E-state index contributed by atoms with van der Waals surface area (Å²) in [6.07, 6.45) is 0. The van der Waals surface area contributed by atoms with Crippen LogP contribution in [0.1, 0.15) is 10.4 Å². The van der Waals surface area contributed by atoms with Crippen molar-refractivity contribution >= 4 is 21.6 Å². The zero-order chi connectivity index (χ0) is 23.3. The summed E-state index contributed by atoms with van der Waals surface area (Å²) in [5.74, 6) is 1.12. The van der Waals surface area contributed by atoms with Gasteiger partial charge in [-0.15, -0.1) is 0 Å². The fourth-order valence-corrected chi connectivity index (χ4v) is 4.83. The number of hydrogen-bond acceptors (Lipinski definition) is 6. The van der Waals surface area contributed by atoms with Crippen molar-refractivity contribution in [2.24, 2.45) is 0 Å². The maximum atomic E-state index is 13.0. The van der Waals surface area contributed by atoms with Crippen LogP contribution in [0.2, 0.25) is 0 Å². The van der Waals surface area contributed by atoms with Crippen molar-refractivity contribution in [3.63, 3.8) is 0 Å². The van der Waals surface area contributed by atoms with Crippen molar-refractivity contribution in [2.45, 2.75) is 4.90 Å². The zero-order valence-electron chi connectivity index (χ0n) is 18.1. The second kappa shape index (κ2) is 10.0. The average molecular weight is 469 g/mol.